The van der Waals surface area contributed by atoms with E-state index in [9.17, 15) is 5.11 Å². The van der Waals surface area contributed by atoms with Gasteiger partial charge < -0.3 is 10.8 Å². The van der Waals surface area contributed by atoms with Gasteiger partial charge in [0.1, 0.15) is 0 Å². The maximum absolute atomic E-state index is 9.50. The zero-order valence-electron chi connectivity index (χ0n) is 11.4. The number of benzene rings is 1. The summed E-state index contributed by atoms with van der Waals surface area (Å²) < 4.78 is 0. The Morgan fingerprint density at radius 1 is 1.28 bits per heavy atom. The minimum atomic E-state index is -0.277. The molecular formula is C16H25NO. The third-order valence-corrected chi connectivity index (χ3v) is 4.27. The Hall–Kier alpha value is -0.860. The summed E-state index contributed by atoms with van der Waals surface area (Å²) in [4.78, 5) is 0. The highest BCUT2D eigenvalue weighted by Gasteiger charge is 2.32. The minimum absolute atomic E-state index is 0.187. The molecule has 2 heteroatoms. The van der Waals surface area contributed by atoms with E-state index in [0.717, 1.165) is 13.0 Å². The van der Waals surface area contributed by atoms with E-state index >= 15 is 0 Å². The third-order valence-electron chi connectivity index (χ3n) is 4.27. The molecule has 0 heterocycles. The van der Waals surface area contributed by atoms with E-state index in [0.29, 0.717) is 0 Å². The van der Waals surface area contributed by atoms with Gasteiger partial charge in [0.15, 0.2) is 0 Å². The van der Waals surface area contributed by atoms with Crippen LogP contribution in [0.1, 0.15) is 50.2 Å². The van der Waals surface area contributed by atoms with Crippen LogP contribution < -0.4 is 5.73 Å². The van der Waals surface area contributed by atoms with Gasteiger partial charge in [-0.15, -0.1) is 0 Å². The summed E-state index contributed by atoms with van der Waals surface area (Å²) in [7, 11) is 0. The fourth-order valence-electron chi connectivity index (χ4n) is 3.21. The number of hydrogen-bond acceptors (Lipinski definition) is 2. The van der Waals surface area contributed by atoms with Gasteiger partial charge in [-0.2, -0.15) is 0 Å². The second-order valence-electron chi connectivity index (χ2n) is 5.80. The van der Waals surface area contributed by atoms with Crippen LogP contribution in [0.2, 0.25) is 0 Å². The average molecular weight is 247 g/mol. The Labute approximate surface area is 110 Å². The molecule has 1 fully saturated rings. The lowest BCUT2D eigenvalue weighted by molar-refractivity contribution is 0.195. The number of aliphatic hydroxyl groups is 1. The Balaban J connectivity index is 2.25. The summed E-state index contributed by atoms with van der Waals surface area (Å²) in [5.74, 6) is 0. The first kappa shape index (κ1) is 13.6. The van der Waals surface area contributed by atoms with Gasteiger partial charge in [0, 0.05) is 12.0 Å². The quantitative estimate of drug-likeness (QED) is 0.859. The molecule has 1 saturated carbocycles. The van der Waals surface area contributed by atoms with E-state index in [1.54, 1.807) is 0 Å². The lowest BCUT2D eigenvalue weighted by Crippen LogP contribution is -2.37. The molecule has 18 heavy (non-hydrogen) atoms. The van der Waals surface area contributed by atoms with Crippen molar-refractivity contribution in [2.75, 3.05) is 6.54 Å². The summed E-state index contributed by atoms with van der Waals surface area (Å²) in [6.07, 6.45) is 6.79. The molecule has 2 nitrogen and oxygen atoms in total. The maximum atomic E-state index is 9.50. The maximum Gasteiger partial charge on any atom is 0.0552 e. The van der Waals surface area contributed by atoms with Crippen LogP contribution in [0.15, 0.2) is 24.3 Å². The first-order valence-electron chi connectivity index (χ1n) is 7.14. The molecule has 1 aliphatic rings. The first-order chi connectivity index (χ1) is 8.66. The highest BCUT2D eigenvalue weighted by molar-refractivity contribution is 5.31. The molecule has 0 bridgehead atoms. The van der Waals surface area contributed by atoms with Crippen molar-refractivity contribution in [2.45, 2.75) is 57.0 Å². The molecule has 1 unspecified atom stereocenters. The van der Waals surface area contributed by atoms with Gasteiger partial charge >= 0.3 is 0 Å². The van der Waals surface area contributed by atoms with Crippen molar-refractivity contribution in [1.29, 1.82) is 0 Å². The molecule has 1 aromatic rings. The summed E-state index contributed by atoms with van der Waals surface area (Å²) >= 11 is 0. The van der Waals surface area contributed by atoms with Crippen LogP contribution >= 0.6 is 0 Å². The van der Waals surface area contributed by atoms with Crippen LogP contribution in [-0.4, -0.2) is 17.8 Å². The SMILES string of the molecule is CC(O)Cc1cccc(C2(CN)CCCCC2)c1. The van der Waals surface area contributed by atoms with Crippen LogP contribution in [0.5, 0.6) is 0 Å². The topological polar surface area (TPSA) is 46.2 Å². The summed E-state index contributed by atoms with van der Waals surface area (Å²) in [6, 6.07) is 8.68. The van der Waals surface area contributed by atoms with Crippen molar-refractivity contribution in [3.05, 3.63) is 35.4 Å². The Bertz CT molecular complexity index is 380. The van der Waals surface area contributed by atoms with E-state index < -0.39 is 0 Å². The van der Waals surface area contributed by atoms with Gasteiger partial charge in [0.25, 0.3) is 0 Å². The third kappa shape index (κ3) is 2.93. The molecule has 0 saturated heterocycles. The van der Waals surface area contributed by atoms with Gasteiger partial charge in [0.2, 0.25) is 0 Å². The van der Waals surface area contributed by atoms with Crippen molar-refractivity contribution in [3.8, 4) is 0 Å². The van der Waals surface area contributed by atoms with Gasteiger partial charge in [0.05, 0.1) is 6.10 Å². The van der Waals surface area contributed by atoms with E-state index in [1.807, 2.05) is 6.92 Å². The number of aliphatic hydroxyl groups excluding tert-OH is 1. The van der Waals surface area contributed by atoms with Gasteiger partial charge in [-0.05, 0) is 37.3 Å². The van der Waals surface area contributed by atoms with E-state index in [2.05, 4.69) is 24.3 Å². The zero-order chi connectivity index (χ0) is 13.0. The molecule has 1 aliphatic carbocycles. The van der Waals surface area contributed by atoms with Crippen LogP contribution in [0.25, 0.3) is 0 Å². The Morgan fingerprint density at radius 2 is 2.00 bits per heavy atom. The first-order valence-corrected chi connectivity index (χ1v) is 7.14. The Morgan fingerprint density at radius 3 is 2.61 bits per heavy atom. The van der Waals surface area contributed by atoms with Crippen LogP contribution in [0, 0.1) is 0 Å². The van der Waals surface area contributed by atoms with E-state index in [1.165, 1.54) is 43.2 Å². The molecule has 1 atom stereocenters. The molecule has 0 aromatic heterocycles. The lowest BCUT2D eigenvalue weighted by Gasteiger charge is -2.37. The molecule has 0 aliphatic heterocycles. The van der Waals surface area contributed by atoms with E-state index in [4.69, 9.17) is 5.73 Å². The summed E-state index contributed by atoms with van der Waals surface area (Å²) in [6.45, 7) is 2.58. The summed E-state index contributed by atoms with van der Waals surface area (Å²) in [5.41, 5.74) is 8.86. The highest BCUT2D eigenvalue weighted by atomic mass is 16.3. The van der Waals surface area contributed by atoms with Crippen molar-refractivity contribution < 1.29 is 5.11 Å². The standard InChI is InChI=1S/C16H25NO/c1-13(18)10-14-6-5-7-15(11-14)16(12-17)8-3-2-4-9-16/h5-7,11,13,18H,2-4,8-10,12,17H2,1H3. The summed E-state index contributed by atoms with van der Waals surface area (Å²) in [5, 5.41) is 9.50. The molecular weight excluding hydrogens is 222 g/mol. The van der Waals surface area contributed by atoms with Crippen molar-refractivity contribution >= 4 is 0 Å². The van der Waals surface area contributed by atoms with Gasteiger partial charge in [-0.25, -0.2) is 0 Å². The van der Waals surface area contributed by atoms with Crippen LogP contribution in [0.4, 0.5) is 0 Å². The average Bonchev–Trinajstić information content (AvgIpc) is 2.39. The number of rotatable bonds is 4. The van der Waals surface area contributed by atoms with Crippen molar-refractivity contribution in [1.82, 2.24) is 0 Å². The van der Waals surface area contributed by atoms with E-state index in [-0.39, 0.29) is 11.5 Å². The van der Waals surface area contributed by atoms with Gasteiger partial charge in [-0.3, -0.25) is 0 Å². The molecule has 0 radical (unpaired) electrons. The molecule has 0 amide bonds. The Kier molecular flexibility index (Phi) is 4.41. The molecule has 100 valence electrons. The molecule has 1 aromatic carbocycles. The predicted octanol–water partition coefficient (Wildman–Crippen LogP) is 2.77. The van der Waals surface area contributed by atoms with Crippen LogP contribution in [0.3, 0.4) is 0 Å². The van der Waals surface area contributed by atoms with Crippen molar-refractivity contribution in [2.24, 2.45) is 5.73 Å². The molecule has 0 spiro atoms. The lowest BCUT2D eigenvalue weighted by atomic mass is 9.69. The second kappa shape index (κ2) is 5.85. The second-order valence-corrected chi connectivity index (χ2v) is 5.80. The molecule has 3 N–H and O–H groups in total. The molecule has 2 rings (SSSR count). The number of nitrogens with two attached hydrogens (primary N) is 1. The normalized spacial score (nSPS) is 20.6. The van der Waals surface area contributed by atoms with Gasteiger partial charge in [-0.1, -0.05) is 43.5 Å². The van der Waals surface area contributed by atoms with Crippen LogP contribution in [-0.2, 0) is 11.8 Å². The smallest absolute Gasteiger partial charge is 0.0552 e. The monoisotopic (exact) mass is 247 g/mol. The minimum Gasteiger partial charge on any atom is -0.393 e. The largest absolute Gasteiger partial charge is 0.393 e. The fraction of sp³-hybridized carbons (Fsp3) is 0.625. The number of hydrogen-bond donors (Lipinski definition) is 2. The van der Waals surface area contributed by atoms with Crippen molar-refractivity contribution in [3.63, 3.8) is 0 Å². The predicted molar refractivity (Wildman–Crippen MR) is 75.6 cm³/mol. The zero-order valence-corrected chi connectivity index (χ0v) is 11.4. The fourth-order valence-corrected chi connectivity index (χ4v) is 3.21. The highest BCUT2D eigenvalue weighted by Crippen LogP contribution is 2.38.